The van der Waals surface area contributed by atoms with E-state index in [1.165, 1.54) is 25.1 Å². The van der Waals surface area contributed by atoms with E-state index in [9.17, 15) is 16.8 Å². The van der Waals surface area contributed by atoms with Crippen molar-refractivity contribution in [1.29, 1.82) is 0 Å². The normalized spacial score (nSPS) is 12.7. The van der Waals surface area contributed by atoms with Gasteiger partial charge in [0.15, 0.2) is 0 Å². The van der Waals surface area contributed by atoms with Crippen molar-refractivity contribution >= 4 is 25.7 Å². The SMILES string of the molecule is Cc1c(NS(=O)(=O)CC(C)C)cccc1S(N)(=O)=O. The molecule has 1 aromatic rings. The Kier molecular flexibility index (Phi) is 4.59. The highest BCUT2D eigenvalue weighted by Crippen LogP contribution is 2.23. The van der Waals surface area contributed by atoms with E-state index in [2.05, 4.69) is 4.72 Å². The third-order valence-corrected chi connectivity index (χ3v) is 5.10. The van der Waals surface area contributed by atoms with Gasteiger partial charge in [-0.15, -0.1) is 0 Å². The Morgan fingerprint density at radius 2 is 1.79 bits per heavy atom. The highest BCUT2D eigenvalue weighted by Gasteiger charge is 2.18. The lowest BCUT2D eigenvalue weighted by molar-refractivity contribution is 0.586. The lowest BCUT2D eigenvalue weighted by atomic mass is 10.2. The first kappa shape index (κ1) is 15.9. The third-order valence-electron chi connectivity index (χ3n) is 2.41. The van der Waals surface area contributed by atoms with Gasteiger partial charge in [-0.3, -0.25) is 4.72 Å². The van der Waals surface area contributed by atoms with Crippen molar-refractivity contribution in [2.75, 3.05) is 10.5 Å². The van der Waals surface area contributed by atoms with Gasteiger partial charge in [-0.05, 0) is 30.5 Å². The molecule has 0 amide bonds. The standard InChI is InChI=1S/C11H18N2O4S2/c1-8(2)7-18(14,15)13-10-5-4-6-11(9(10)3)19(12,16)17/h4-6,8,13H,7H2,1-3H3,(H2,12,16,17). The molecule has 0 radical (unpaired) electrons. The van der Waals surface area contributed by atoms with Gasteiger partial charge >= 0.3 is 0 Å². The van der Waals surface area contributed by atoms with E-state index in [0.29, 0.717) is 0 Å². The zero-order valence-electron chi connectivity index (χ0n) is 11.0. The van der Waals surface area contributed by atoms with Crippen LogP contribution in [0.3, 0.4) is 0 Å². The fraction of sp³-hybridized carbons (Fsp3) is 0.455. The second-order valence-electron chi connectivity index (χ2n) is 4.75. The lowest BCUT2D eigenvalue weighted by Gasteiger charge is -2.13. The maximum atomic E-state index is 11.8. The van der Waals surface area contributed by atoms with Crippen LogP contribution >= 0.6 is 0 Å². The van der Waals surface area contributed by atoms with Crippen molar-refractivity contribution in [3.05, 3.63) is 23.8 Å². The van der Waals surface area contributed by atoms with Gasteiger partial charge in [-0.2, -0.15) is 0 Å². The van der Waals surface area contributed by atoms with Gasteiger partial charge in [0.05, 0.1) is 16.3 Å². The molecule has 19 heavy (non-hydrogen) atoms. The maximum Gasteiger partial charge on any atom is 0.238 e. The number of hydrogen-bond acceptors (Lipinski definition) is 4. The summed E-state index contributed by atoms with van der Waals surface area (Å²) in [4.78, 5) is -0.0859. The molecule has 3 N–H and O–H groups in total. The van der Waals surface area contributed by atoms with Crippen LogP contribution in [0.15, 0.2) is 23.1 Å². The van der Waals surface area contributed by atoms with Gasteiger partial charge in [0.2, 0.25) is 20.0 Å². The van der Waals surface area contributed by atoms with E-state index in [-0.39, 0.29) is 27.8 Å². The summed E-state index contributed by atoms with van der Waals surface area (Å²) >= 11 is 0. The molecule has 1 aromatic carbocycles. The predicted octanol–water partition coefficient (Wildman–Crippen LogP) is 1.04. The number of benzene rings is 1. The average molecular weight is 306 g/mol. The Bertz CT molecular complexity index is 664. The smallest absolute Gasteiger partial charge is 0.238 e. The first-order chi connectivity index (χ1) is 8.53. The minimum absolute atomic E-state index is 0.0285. The Balaban J connectivity index is 3.18. The molecule has 0 heterocycles. The summed E-state index contributed by atoms with van der Waals surface area (Å²) in [6.07, 6.45) is 0. The maximum absolute atomic E-state index is 11.8. The van der Waals surface area contributed by atoms with Crippen LogP contribution in [0.25, 0.3) is 0 Å². The van der Waals surface area contributed by atoms with E-state index in [1.807, 2.05) is 0 Å². The van der Waals surface area contributed by atoms with Crippen molar-refractivity contribution in [3.63, 3.8) is 0 Å². The number of primary sulfonamides is 1. The quantitative estimate of drug-likeness (QED) is 0.847. The van der Waals surface area contributed by atoms with Gasteiger partial charge in [0, 0.05) is 0 Å². The molecule has 0 bridgehead atoms. The van der Waals surface area contributed by atoms with Crippen molar-refractivity contribution in [1.82, 2.24) is 0 Å². The number of sulfonamides is 2. The first-order valence-electron chi connectivity index (χ1n) is 5.66. The minimum Gasteiger partial charge on any atom is -0.283 e. The average Bonchev–Trinajstić information content (AvgIpc) is 2.16. The Labute approximate surface area is 114 Å². The molecule has 0 aliphatic heterocycles. The molecule has 0 fully saturated rings. The fourth-order valence-corrected chi connectivity index (χ4v) is 4.00. The minimum atomic E-state index is -3.87. The van der Waals surface area contributed by atoms with E-state index in [0.717, 1.165) is 0 Å². The molecular weight excluding hydrogens is 288 g/mol. The molecule has 1 rings (SSSR count). The molecule has 0 atom stereocenters. The van der Waals surface area contributed by atoms with Gasteiger partial charge in [0.1, 0.15) is 0 Å². The van der Waals surface area contributed by atoms with Crippen LogP contribution in [0.4, 0.5) is 5.69 Å². The van der Waals surface area contributed by atoms with Crippen LogP contribution in [-0.2, 0) is 20.0 Å². The topological polar surface area (TPSA) is 106 Å². The Morgan fingerprint density at radius 1 is 1.21 bits per heavy atom. The van der Waals surface area contributed by atoms with Crippen molar-refractivity contribution in [3.8, 4) is 0 Å². The third kappa shape index (κ3) is 4.48. The van der Waals surface area contributed by atoms with Crippen LogP contribution in [-0.4, -0.2) is 22.6 Å². The van der Waals surface area contributed by atoms with Crippen molar-refractivity contribution in [2.24, 2.45) is 11.1 Å². The molecule has 0 saturated heterocycles. The molecular formula is C11H18N2O4S2. The summed E-state index contributed by atoms with van der Waals surface area (Å²) in [5.41, 5.74) is 0.518. The zero-order valence-corrected chi connectivity index (χ0v) is 12.7. The van der Waals surface area contributed by atoms with Crippen LogP contribution in [0.1, 0.15) is 19.4 Å². The molecule has 0 aliphatic carbocycles. The summed E-state index contributed by atoms with van der Waals surface area (Å²) in [5.74, 6) is -0.0642. The summed E-state index contributed by atoms with van der Waals surface area (Å²) < 4.78 is 48.7. The van der Waals surface area contributed by atoms with Crippen molar-refractivity contribution in [2.45, 2.75) is 25.7 Å². The highest BCUT2D eigenvalue weighted by atomic mass is 32.2. The van der Waals surface area contributed by atoms with E-state index < -0.39 is 20.0 Å². The van der Waals surface area contributed by atoms with Gasteiger partial charge in [-0.1, -0.05) is 19.9 Å². The number of hydrogen-bond donors (Lipinski definition) is 2. The van der Waals surface area contributed by atoms with E-state index in [4.69, 9.17) is 5.14 Å². The Hall–Kier alpha value is -1.12. The summed E-state index contributed by atoms with van der Waals surface area (Å²) in [7, 11) is -7.37. The molecule has 6 nitrogen and oxygen atoms in total. The van der Waals surface area contributed by atoms with Gasteiger partial charge in [0.25, 0.3) is 0 Å². The molecule has 0 unspecified atom stereocenters. The second-order valence-corrected chi connectivity index (χ2v) is 8.05. The molecule has 0 aromatic heterocycles. The fourth-order valence-electron chi connectivity index (χ4n) is 1.68. The van der Waals surface area contributed by atoms with Gasteiger partial charge < -0.3 is 0 Å². The monoisotopic (exact) mass is 306 g/mol. The summed E-state index contributed by atoms with van der Waals surface area (Å²) in [6.45, 7) is 5.08. The largest absolute Gasteiger partial charge is 0.283 e. The van der Waals surface area contributed by atoms with E-state index >= 15 is 0 Å². The number of nitrogens with one attached hydrogen (secondary N) is 1. The highest BCUT2D eigenvalue weighted by molar-refractivity contribution is 7.92. The lowest BCUT2D eigenvalue weighted by Crippen LogP contribution is -2.21. The number of anilines is 1. The zero-order chi connectivity index (χ0) is 14.8. The first-order valence-corrected chi connectivity index (χ1v) is 8.85. The number of nitrogens with two attached hydrogens (primary N) is 1. The molecule has 0 spiro atoms. The van der Waals surface area contributed by atoms with Crippen LogP contribution in [0.2, 0.25) is 0 Å². The van der Waals surface area contributed by atoms with Crippen LogP contribution < -0.4 is 9.86 Å². The van der Waals surface area contributed by atoms with E-state index in [1.54, 1.807) is 13.8 Å². The van der Waals surface area contributed by atoms with Crippen LogP contribution in [0, 0.1) is 12.8 Å². The Morgan fingerprint density at radius 3 is 2.26 bits per heavy atom. The molecule has 0 aliphatic rings. The molecule has 8 heteroatoms. The molecule has 108 valence electrons. The van der Waals surface area contributed by atoms with Crippen LogP contribution in [0.5, 0.6) is 0 Å². The summed E-state index contributed by atoms with van der Waals surface area (Å²) in [6, 6.07) is 4.28. The van der Waals surface area contributed by atoms with Gasteiger partial charge in [-0.25, -0.2) is 22.0 Å². The molecule has 0 saturated carbocycles. The predicted molar refractivity (Wildman–Crippen MR) is 74.8 cm³/mol. The van der Waals surface area contributed by atoms with Crippen molar-refractivity contribution < 1.29 is 16.8 Å². The number of rotatable bonds is 5. The second kappa shape index (κ2) is 5.48. The summed E-state index contributed by atoms with van der Waals surface area (Å²) in [5, 5.41) is 5.07.